The van der Waals surface area contributed by atoms with Crippen LogP contribution in [-0.4, -0.2) is 15.2 Å². The maximum Gasteiger partial charge on any atom is 0.282 e. The van der Waals surface area contributed by atoms with Crippen molar-refractivity contribution in [2.24, 2.45) is 0 Å². The van der Waals surface area contributed by atoms with Gasteiger partial charge in [0.15, 0.2) is 0 Å². The fourth-order valence-electron chi connectivity index (χ4n) is 0.987. The summed E-state index contributed by atoms with van der Waals surface area (Å²) in [5.41, 5.74) is 0.941. The van der Waals surface area contributed by atoms with Crippen LogP contribution in [0.5, 0.6) is 0 Å². The topological polar surface area (TPSA) is 51.8 Å². The zero-order valence-electron chi connectivity index (χ0n) is 8.19. The molecule has 2 aromatic heterocycles. The van der Waals surface area contributed by atoms with Crippen molar-refractivity contribution in [2.75, 3.05) is 0 Å². The summed E-state index contributed by atoms with van der Waals surface area (Å²) < 4.78 is 6.24. The van der Waals surface area contributed by atoms with E-state index >= 15 is 0 Å². The smallest absolute Gasteiger partial charge is 0.282 e. The highest BCUT2D eigenvalue weighted by molar-refractivity contribution is 9.10. The summed E-state index contributed by atoms with van der Waals surface area (Å²) in [5, 5.41) is 9.00. The van der Waals surface area contributed by atoms with Gasteiger partial charge in [-0.1, -0.05) is 0 Å². The molecule has 0 fully saturated rings. The van der Waals surface area contributed by atoms with Crippen molar-refractivity contribution in [3.8, 4) is 0 Å². The van der Waals surface area contributed by atoms with E-state index < -0.39 is 0 Å². The van der Waals surface area contributed by atoms with Gasteiger partial charge in [0.25, 0.3) is 5.22 Å². The van der Waals surface area contributed by atoms with Crippen molar-refractivity contribution in [3.05, 3.63) is 28.2 Å². The molecule has 2 aromatic rings. The van der Waals surface area contributed by atoms with Gasteiger partial charge in [0.1, 0.15) is 5.03 Å². The van der Waals surface area contributed by atoms with E-state index in [2.05, 4.69) is 31.1 Å². The summed E-state index contributed by atoms with van der Waals surface area (Å²) in [6, 6.07) is 3.86. The quantitative estimate of drug-likeness (QED) is 0.849. The lowest BCUT2D eigenvalue weighted by atomic mass is 10.4. The Morgan fingerprint density at radius 3 is 2.67 bits per heavy atom. The summed E-state index contributed by atoms with van der Waals surface area (Å²) in [7, 11) is 0. The minimum atomic E-state index is 0.515. The van der Waals surface area contributed by atoms with Crippen molar-refractivity contribution >= 4 is 27.7 Å². The number of hydrogen-bond donors (Lipinski definition) is 0. The molecule has 0 aliphatic rings. The fraction of sp³-hybridized carbons (Fsp3) is 0.222. The van der Waals surface area contributed by atoms with E-state index in [1.807, 2.05) is 19.1 Å². The molecule has 2 heterocycles. The molecule has 0 atom stereocenters. The first-order valence-electron chi connectivity index (χ1n) is 4.26. The third kappa shape index (κ3) is 2.57. The number of aromatic nitrogens is 3. The molecule has 0 aliphatic heterocycles. The van der Waals surface area contributed by atoms with Crippen LogP contribution in [0.2, 0.25) is 0 Å². The van der Waals surface area contributed by atoms with Crippen LogP contribution in [0.4, 0.5) is 0 Å². The number of aryl methyl sites for hydroxylation is 2. The van der Waals surface area contributed by atoms with Crippen molar-refractivity contribution < 1.29 is 4.42 Å². The molecule has 78 valence electrons. The highest BCUT2D eigenvalue weighted by Crippen LogP contribution is 2.26. The Morgan fingerprint density at radius 2 is 2.07 bits per heavy atom. The van der Waals surface area contributed by atoms with Crippen LogP contribution in [-0.2, 0) is 0 Å². The molecule has 0 N–H and O–H groups in total. The maximum atomic E-state index is 5.25. The molecule has 6 heteroatoms. The van der Waals surface area contributed by atoms with Gasteiger partial charge in [-0.15, -0.1) is 10.2 Å². The molecular formula is C9H8BrN3OS. The largest absolute Gasteiger partial charge is 0.416 e. The predicted octanol–water partition coefficient (Wildman–Crippen LogP) is 3.00. The van der Waals surface area contributed by atoms with Gasteiger partial charge in [-0.2, -0.15) is 0 Å². The Balaban J connectivity index is 2.21. The standard InChI is InChI=1S/C9H8BrN3OS/c1-5-7(10)3-4-8(11-5)15-9-13-12-6(2)14-9/h3-4H,1-2H3. The zero-order chi connectivity index (χ0) is 10.8. The fourth-order valence-corrected chi connectivity index (χ4v) is 1.95. The molecule has 0 amide bonds. The van der Waals surface area contributed by atoms with Crippen LogP contribution in [0.15, 0.2) is 31.3 Å². The summed E-state index contributed by atoms with van der Waals surface area (Å²) in [6.07, 6.45) is 0. The van der Waals surface area contributed by atoms with Crippen molar-refractivity contribution in [2.45, 2.75) is 24.1 Å². The van der Waals surface area contributed by atoms with Crippen LogP contribution in [0.3, 0.4) is 0 Å². The second kappa shape index (κ2) is 4.32. The van der Waals surface area contributed by atoms with E-state index in [-0.39, 0.29) is 0 Å². The van der Waals surface area contributed by atoms with E-state index in [1.54, 1.807) is 6.92 Å². The van der Waals surface area contributed by atoms with E-state index in [9.17, 15) is 0 Å². The molecule has 2 rings (SSSR count). The molecule has 0 saturated carbocycles. The summed E-state index contributed by atoms with van der Waals surface area (Å²) in [5.74, 6) is 0.561. The van der Waals surface area contributed by atoms with E-state index in [0.717, 1.165) is 15.2 Å². The molecular weight excluding hydrogens is 278 g/mol. The van der Waals surface area contributed by atoms with E-state index in [4.69, 9.17) is 4.42 Å². The lowest BCUT2D eigenvalue weighted by Gasteiger charge is -1.99. The minimum absolute atomic E-state index is 0.515. The minimum Gasteiger partial charge on any atom is -0.416 e. The molecule has 0 aromatic carbocycles. The summed E-state index contributed by atoms with van der Waals surface area (Å²) in [6.45, 7) is 3.70. The van der Waals surface area contributed by atoms with E-state index in [0.29, 0.717) is 11.1 Å². The van der Waals surface area contributed by atoms with Crippen LogP contribution >= 0.6 is 27.7 Å². The van der Waals surface area contributed by atoms with Gasteiger partial charge >= 0.3 is 0 Å². The Morgan fingerprint density at radius 1 is 1.27 bits per heavy atom. The van der Waals surface area contributed by atoms with Crippen LogP contribution in [0.1, 0.15) is 11.6 Å². The Labute approximate surface area is 99.6 Å². The number of rotatable bonds is 2. The molecule has 0 bridgehead atoms. The van der Waals surface area contributed by atoms with E-state index in [1.165, 1.54) is 11.8 Å². The van der Waals surface area contributed by atoms with Crippen LogP contribution < -0.4 is 0 Å². The second-order valence-corrected chi connectivity index (χ2v) is 4.73. The molecule has 0 spiro atoms. The molecule has 15 heavy (non-hydrogen) atoms. The highest BCUT2D eigenvalue weighted by atomic mass is 79.9. The first-order valence-corrected chi connectivity index (χ1v) is 5.87. The average Bonchev–Trinajstić information content (AvgIpc) is 2.58. The van der Waals surface area contributed by atoms with Crippen molar-refractivity contribution in [1.82, 2.24) is 15.2 Å². The SMILES string of the molecule is Cc1nnc(Sc2ccc(Br)c(C)n2)o1. The molecule has 0 saturated heterocycles. The molecule has 0 aliphatic carbocycles. The van der Waals surface area contributed by atoms with Crippen molar-refractivity contribution in [1.29, 1.82) is 0 Å². The summed E-state index contributed by atoms with van der Waals surface area (Å²) >= 11 is 4.75. The van der Waals surface area contributed by atoms with Gasteiger partial charge in [0, 0.05) is 11.4 Å². The Bertz CT molecular complexity index is 486. The summed E-state index contributed by atoms with van der Waals surface area (Å²) in [4.78, 5) is 4.37. The molecule has 0 radical (unpaired) electrons. The number of hydrogen-bond acceptors (Lipinski definition) is 5. The number of halogens is 1. The molecule has 0 unspecified atom stereocenters. The molecule has 4 nitrogen and oxygen atoms in total. The third-order valence-corrected chi connectivity index (χ3v) is 3.31. The average molecular weight is 286 g/mol. The number of nitrogens with zero attached hydrogens (tertiary/aromatic N) is 3. The predicted molar refractivity (Wildman–Crippen MR) is 59.8 cm³/mol. The van der Waals surface area contributed by atoms with Gasteiger partial charge < -0.3 is 4.42 Å². The lowest BCUT2D eigenvalue weighted by Crippen LogP contribution is -1.85. The normalized spacial score (nSPS) is 10.6. The second-order valence-electron chi connectivity index (χ2n) is 2.91. The third-order valence-electron chi connectivity index (χ3n) is 1.70. The highest BCUT2D eigenvalue weighted by Gasteiger charge is 2.06. The first kappa shape index (κ1) is 10.6. The zero-order valence-corrected chi connectivity index (χ0v) is 10.6. The van der Waals surface area contributed by atoms with Crippen LogP contribution in [0, 0.1) is 13.8 Å². The first-order chi connectivity index (χ1) is 7.15. The van der Waals surface area contributed by atoms with Gasteiger partial charge in [-0.3, -0.25) is 0 Å². The number of pyridine rings is 1. The Hall–Kier alpha value is -0.880. The van der Waals surface area contributed by atoms with Crippen LogP contribution in [0.25, 0.3) is 0 Å². The monoisotopic (exact) mass is 285 g/mol. The van der Waals surface area contributed by atoms with Gasteiger partial charge in [-0.25, -0.2) is 4.98 Å². The van der Waals surface area contributed by atoms with Gasteiger partial charge in [0.05, 0.1) is 5.69 Å². The van der Waals surface area contributed by atoms with Crippen molar-refractivity contribution in [3.63, 3.8) is 0 Å². The lowest BCUT2D eigenvalue weighted by molar-refractivity contribution is 0.429. The van der Waals surface area contributed by atoms with Gasteiger partial charge in [-0.05, 0) is 46.7 Å². The maximum absolute atomic E-state index is 5.25. The Kier molecular flexibility index (Phi) is 3.06. The van der Waals surface area contributed by atoms with Gasteiger partial charge in [0.2, 0.25) is 5.89 Å².